The molecule has 9 heteroatoms. The molecule has 1 aliphatic heterocycles. The number of benzene rings is 1. The summed E-state index contributed by atoms with van der Waals surface area (Å²) in [5.41, 5.74) is -0.320. The first kappa shape index (κ1) is 19.5. The summed E-state index contributed by atoms with van der Waals surface area (Å²) in [6.07, 6.45) is -0.116. The lowest BCUT2D eigenvalue weighted by Gasteiger charge is -2.19. The number of carbonyl (C=O) groups excluding carboxylic acids is 1. The molecule has 1 amide bonds. The van der Waals surface area contributed by atoms with Gasteiger partial charge in [0, 0.05) is 23.7 Å². The number of rotatable bonds is 3. The van der Waals surface area contributed by atoms with Crippen molar-refractivity contribution in [3.63, 3.8) is 0 Å². The van der Waals surface area contributed by atoms with E-state index in [0.717, 1.165) is 12.1 Å². The summed E-state index contributed by atoms with van der Waals surface area (Å²) in [6.45, 7) is 5.85. The van der Waals surface area contributed by atoms with E-state index in [2.05, 4.69) is 10.3 Å². The molecular weight excluding hydrogens is 379 g/mol. The van der Waals surface area contributed by atoms with Gasteiger partial charge in [-0.05, 0) is 12.1 Å². The van der Waals surface area contributed by atoms with E-state index in [0.29, 0.717) is 16.6 Å². The van der Waals surface area contributed by atoms with Crippen LogP contribution in [0.3, 0.4) is 0 Å². The van der Waals surface area contributed by atoms with E-state index in [9.17, 15) is 22.8 Å². The van der Waals surface area contributed by atoms with Crippen LogP contribution in [-0.4, -0.2) is 21.2 Å². The van der Waals surface area contributed by atoms with Gasteiger partial charge in [-0.15, -0.1) is 0 Å². The van der Waals surface area contributed by atoms with Crippen LogP contribution in [-0.2, 0) is 10.2 Å². The molecule has 0 bridgehead atoms. The van der Waals surface area contributed by atoms with Crippen LogP contribution >= 0.6 is 11.8 Å². The van der Waals surface area contributed by atoms with Crippen molar-refractivity contribution in [3.8, 4) is 0 Å². The molecule has 1 aliphatic rings. The average Bonchev–Trinajstić information content (AvgIpc) is 2.98. The maximum atomic E-state index is 13.7. The number of nitrogens with one attached hydrogen (secondary N) is 1. The lowest BCUT2D eigenvalue weighted by molar-refractivity contribution is -0.116. The first-order valence-corrected chi connectivity index (χ1v) is 9.26. The number of nitrogens with zero attached hydrogens (tertiary/aromatic N) is 2. The van der Waals surface area contributed by atoms with Crippen molar-refractivity contribution in [2.24, 2.45) is 0 Å². The molecule has 0 fully saturated rings. The van der Waals surface area contributed by atoms with Crippen molar-refractivity contribution in [2.45, 2.75) is 43.8 Å². The van der Waals surface area contributed by atoms with Gasteiger partial charge in [0.15, 0.2) is 22.6 Å². The van der Waals surface area contributed by atoms with Gasteiger partial charge in [-0.25, -0.2) is 18.2 Å². The van der Waals surface area contributed by atoms with Crippen LogP contribution in [0.5, 0.6) is 0 Å². The Morgan fingerprint density at radius 2 is 2.00 bits per heavy atom. The van der Waals surface area contributed by atoms with Gasteiger partial charge >= 0.3 is 0 Å². The smallest absolute Gasteiger partial charge is 0.254 e. The van der Waals surface area contributed by atoms with E-state index < -0.39 is 35.1 Å². The highest BCUT2D eigenvalue weighted by atomic mass is 32.2. The monoisotopic (exact) mass is 397 g/mol. The van der Waals surface area contributed by atoms with Gasteiger partial charge in [0.05, 0.1) is 17.4 Å². The van der Waals surface area contributed by atoms with Gasteiger partial charge in [-0.1, -0.05) is 32.5 Å². The average molecular weight is 397 g/mol. The lowest BCUT2D eigenvalue weighted by atomic mass is 9.92. The van der Waals surface area contributed by atoms with Crippen LogP contribution < -0.4 is 10.9 Å². The number of anilines is 1. The Labute approximate surface area is 158 Å². The minimum Gasteiger partial charge on any atom is -0.323 e. The van der Waals surface area contributed by atoms with Crippen molar-refractivity contribution < 1.29 is 18.0 Å². The van der Waals surface area contributed by atoms with Crippen LogP contribution in [0, 0.1) is 17.5 Å². The molecule has 1 N–H and O–H groups in total. The number of fused-ring (bicyclic) bond motifs is 1. The Morgan fingerprint density at radius 3 is 2.67 bits per heavy atom. The quantitative estimate of drug-likeness (QED) is 0.635. The number of hydrogen-bond acceptors (Lipinski definition) is 4. The molecule has 1 aromatic carbocycles. The second-order valence-electron chi connectivity index (χ2n) is 7.32. The zero-order valence-electron chi connectivity index (χ0n) is 15.0. The number of amides is 1. The second kappa shape index (κ2) is 7.03. The van der Waals surface area contributed by atoms with Gasteiger partial charge in [0.1, 0.15) is 0 Å². The molecule has 3 rings (SSSR count). The third-order valence-electron chi connectivity index (χ3n) is 4.19. The van der Waals surface area contributed by atoms with Crippen LogP contribution in [0.2, 0.25) is 0 Å². The molecule has 1 atom stereocenters. The molecule has 2 aromatic rings. The first-order chi connectivity index (χ1) is 12.6. The van der Waals surface area contributed by atoms with Crippen LogP contribution in [0.15, 0.2) is 28.2 Å². The number of carbonyl (C=O) groups is 1. The first-order valence-electron chi connectivity index (χ1n) is 8.28. The van der Waals surface area contributed by atoms with E-state index in [1.165, 1.54) is 22.4 Å². The number of hydrogen-bond donors (Lipinski definition) is 1. The van der Waals surface area contributed by atoms with E-state index in [1.807, 2.05) is 20.8 Å². The Hall–Kier alpha value is -2.29. The predicted octanol–water partition coefficient (Wildman–Crippen LogP) is 3.63. The molecule has 144 valence electrons. The standard InChI is InChI=1S/C18H18F3N3O2S/c1-18(2,3)12-7-14(26)24-9(8-27-17(24)23-12)6-13(25)22-11-5-4-10(19)15(20)16(11)21/h4-5,7,9H,6,8H2,1-3H3,(H,22,25). The SMILES string of the molecule is CC(C)(C)c1cc(=O)n2c(n1)SCC2CC(=O)Nc1ccc(F)c(F)c1F. The largest absolute Gasteiger partial charge is 0.323 e. The van der Waals surface area contributed by atoms with Gasteiger partial charge < -0.3 is 5.32 Å². The zero-order valence-corrected chi connectivity index (χ0v) is 15.8. The maximum Gasteiger partial charge on any atom is 0.254 e. The zero-order chi connectivity index (χ0) is 19.9. The van der Waals surface area contributed by atoms with Gasteiger partial charge in [-0.2, -0.15) is 0 Å². The summed E-state index contributed by atoms with van der Waals surface area (Å²) in [7, 11) is 0. The van der Waals surface area contributed by atoms with Crippen molar-refractivity contribution in [1.29, 1.82) is 0 Å². The van der Waals surface area contributed by atoms with Crippen molar-refractivity contribution in [1.82, 2.24) is 9.55 Å². The molecule has 27 heavy (non-hydrogen) atoms. The van der Waals surface area contributed by atoms with Crippen molar-refractivity contribution in [2.75, 3.05) is 11.1 Å². The highest BCUT2D eigenvalue weighted by Crippen LogP contribution is 2.33. The highest BCUT2D eigenvalue weighted by molar-refractivity contribution is 7.99. The summed E-state index contributed by atoms with van der Waals surface area (Å²) in [6, 6.07) is 2.69. The van der Waals surface area contributed by atoms with Gasteiger partial charge in [0.2, 0.25) is 5.91 Å². The molecular formula is C18H18F3N3O2S. The normalized spacial score (nSPS) is 16.3. The minimum atomic E-state index is -1.65. The van der Waals surface area contributed by atoms with E-state index >= 15 is 0 Å². The van der Waals surface area contributed by atoms with Crippen LogP contribution in [0.4, 0.5) is 18.9 Å². The number of halogens is 3. The van der Waals surface area contributed by atoms with E-state index in [-0.39, 0.29) is 17.4 Å². The summed E-state index contributed by atoms with van der Waals surface area (Å²) in [5, 5.41) is 2.76. The van der Waals surface area contributed by atoms with Crippen molar-refractivity contribution in [3.05, 3.63) is 51.7 Å². The molecule has 5 nitrogen and oxygen atoms in total. The molecule has 0 saturated carbocycles. The highest BCUT2D eigenvalue weighted by Gasteiger charge is 2.30. The Bertz CT molecular complexity index is 970. The fourth-order valence-electron chi connectivity index (χ4n) is 2.73. The summed E-state index contributed by atoms with van der Waals surface area (Å²) in [4.78, 5) is 29.2. The van der Waals surface area contributed by atoms with Crippen molar-refractivity contribution >= 4 is 23.4 Å². The maximum absolute atomic E-state index is 13.7. The fraction of sp³-hybridized carbons (Fsp3) is 0.389. The third-order valence-corrected chi connectivity index (χ3v) is 5.29. The van der Waals surface area contributed by atoms with E-state index in [1.54, 1.807) is 0 Å². The Kier molecular flexibility index (Phi) is 5.07. The second-order valence-corrected chi connectivity index (χ2v) is 8.31. The molecule has 2 heterocycles. The predicted molar refractivity (Wildman–Crippen MR) is 96.5 cm³/mol. The number of thioether (sulfide) groups is 1. The molecule has 0 spiro atoms. The molecule has 0 aliphatic carbocycles. The molecule has 1 unspecified atom stereocenters. The Morgan fingerprint density at radius 1 is 1.30 bits per heavy atom. The molecule has 1 aromatic heterocycles. The topological polar surface area (TPSA) is 64.0 Å². The van der Waals surface area contributed by atoms with Crippen LogP contribution in [0.1, 0.15) is 38.9 Å². The summed E-state index contributed by atoms with van der Waals surface area (Å²) < 4.78 is 41.4. The number of aromatic nitrogens is 2. The summed E-state index contributed by atoms with van der Waals surface area (Å²) in [5.74, 6) is -4.59. The fourth-order valence-corrected chi connectivity index (χ4v) is 3.87. The lowest BCUT2D eigenvalue weighted by Crippen LogP contribution is -2.29. The summed E-state index contributed by atoms with van der Waals surface area (Å²) >= 11 is 1.36. The Balaban J connectivity index is 1.79. The minimum absolute atomic E-state index is 0.116. The van der Waals surface area contributed by atoms with E-state index in [4.69, 9.17) is 0 Å². The molecule has 0 saturated heterocycles. The molecule has 0 radical (unpaired) electrons. The van der Waals surface area contributed by atoms with Gasteiger partial charge in [0.25, 0.3) is 5.56 Å². The third kappa shape index (κ3) is 3.87. The van der Waals surface area contributed by atoms with Crippen LogP contribution in [0.25, 0.3) is 0 Å². The van der Waals surface area contributed by atoms with Gasteiger partial charge in [-0.3, -0.25) is 14.2 Å².